The van der Waals surface area contributed by atoms with Gasteiger partial charge in [-0.15, -0.1) is 0 Å². The topological polar surface area (TPSA) is 38.3 Å². The molecule has 1 N–H and O–H groups in total. The van der Waals surface area contributed by atoms with Crippen LogP contribution in [0.5, 0.6) is 0 Å². The molecule has 0 aliphatic carbocycles. The van der Waals surface area contributed by atoms with Crippen LogP contribution in [0.2, 0.25) is 13.1 Å². The van der Waals surface area contributed by atoms with E-state index in [0.29, 0.717) is 6.61 Å². The molecule has 1 amide bonds. The molecule has 1 unspecified atom stereocenters. The van der Waals surface area contributed by atoms with Gasteiger partial charge in [0.2, 0.25) is 5.91 Å². The van der Waals surface area contributed by atoms with Crippen LogP contribution >= 0.6 is 0 Å². The van der Waals surface area contributed by atoms with Gasteiger partial charge in [0.15, 0.2) is 9.04 Å². The van der Waals surface area contributed by atoms with Gasteiger partial charge >= 0.3 is 0 Å². The van der Waals surface area contributed by atoms with Crippen LogP contribution in [0.4, 0.5) is 0 Å². The minimum absolute atomic E-state index is 0.130. The van der Waals surface area contributed by atoms with Crippen LogP contribution in [0, 0.1) is 5.92 Å². The fraction of sp³-hybridized carbons (Fsp3) is 0.857. The quantitative estimate of drug-likeness (QED) is 0.616. The van der Waals surface area contributed by atoms with Crippen LogP contribution < -0.4 is 5.32 Å². The third-order valence-corrected chi connectivity index (χ3v) is 2.65. The predicted octanol–water partition coefficient (Wildman–Crippen LogP) is 0.122. The van der Waals surface area contributed by atoms with Crippen LogP contribution in [-0.4, -0.2) is 28.1 Å². The van der Waals surface area contributed by atoms with E-state index in [1.54, 1.807) is 0 Å². The highest BCUT2D eigenvalue weighted by atomic mass is 28.3. The third kappa shape index (κ3) is 2.63. The van der Waals surface area contributed by atoms with Crippen molar-refractivity contribution in [2.45, 2.75) is 19.5 Å². The second-order valence-electron chi connectivity index (χ2n) is 3.16. The summed E-state index contributed by atoms with van der Waals surface area (Å²) in [4.78, 5) is 11.0. The third-order valence-electron chi connectivity index (χ3n) is 1.79. The molecule has 0 saturated carbocycles. The normalized spacial score (nSPS) is 24.3. The highest BCUT2D eigenvalue weighted by Crippen LogP contribution is 2.09. The van der Waals surface area contributed by atoms with Gasteiger partial charge in [0.25, 0.3) is 0 Å². The molecule has 1 saturated heterocycles. The molecule has 11 heavy (non-hydrogen) atoms. The summed E-state index contributed by atoms with van der Waals surface area (Å²) in [5.74, 6) is 0.296. The maximum absolute atomic E-state index is 11.0. The molecule has 64 valence electrons. The lowest BCUT2D eigenvalue weighted by molar-refractivity contribution is -0.123. The molecular formula is C7H15NO2Si. The Hall–Kier alpha value is -0.353. The average molecular weight is 173 g/mol. The largest absolute Gasteiger partial charge is 0.420 e. The summed E-state index contributed by atoms with van der Waals surface area (Å²) in [7, 11) is -0.934. The highest BCUT2D eigenvalue weighted by molar-refractivity contribution is 6.48. The van der Waals surface area contributed by atoms with Crippen LogP contribution in [0.15, 0.2) is 0 Å². The number of rotatable bonds is 3. The number of hydrogen-bond donors (Lipinski definition) is 1. The maximum Gasteiger partial charge on any atom is 0.225 e. The lowest BCUT2D eigenvalue weighted by Gasteiger charge is -2.09. The van der Waals surface area contributed by atoms with Crippen LogP contribution in [0.1, 0.15) is 6.42 Å². The number of carbonyl (C=O) groups is 1. The molecule has 0 aromatic heterocycles. The van der Waals surface area contributed by atoms with E-state index in [9.17, 15) is 4.79 Å². The highest BCUT2D eigenvalue weighted by Gasteiger charge is 2.23. The molecule has 1 heterocycles. The van der Waals surface area contributed by atoms with Gasteiger partial charge in [-0.1, -0.05) is 0 Å². The summed E-state index contributed by atoms with van der Waals surface area (Å²) in [6, 6.07) is 0. The average Bonchev–Trinajstić information content (AvgIpc) is 2.31. The van der Waals surface area contributed by atoms with E-state index in [1.165, 1.54) is 0 Å². The van der Waals surface area contributed by atoms with E-state index in [2.05, 4.69) is 18.4 Å². The fourth-order valence-electron chi connectivity index (χ4n) is 1.11. The molecule has 0 spiro atoms. The molecule has 0 radical (unpaired) electrons. The van der Waals surface area contributed by atoms with E-state index in [1.807, 2.05) is 0 Å². The Kier molecular flexibility index (Phi) is 3.08. The van der Waals surface area contributed by atoms with E-state index in [-0.39, 0.29) is 11.8 Å². The van der Waals surface area contributed by atoms with Crippen molar-refractivity contribution in [1.29, 1.82) is 0 Å². The molecule has 0 bridgehead atoms. The SMILES string of the molecule is C[SiH](C)OCC1CCNC1=O. The molecule has 1 rings (SSSR count). The molecule has 1 aliphatic heterocycles. The summed E-state index contributed by atoms with van der Waals surface area (Å²) in [6.07, 6.45) is 0.944. The Morgan fingerprint density at radius 3 is 2.91 bits per heavy atom. The van der Waals surface area contributed by atoms with Crippen molar-refractivity contribution >= 4 is 14.9 Å². The maximum atomic E-state index is 11.0. The predicted molar refractivity (Wildman–Crippen MR) is 45.9 cm³/mol. The first kappa shape index (κ1) is 8.74. The lowest BCUT2D eigenvalue weighted by atomic mass is 10.1. The number of amides is 1. The van der Waals surface area contributed by atoms with Crippen molar-refractivity contribution in [2.24, 2.45) is 5.92 Å². The lowest BCUT2D eigenvalue weighted by Crippen LogP contribution is -2.24. The Morgan fingerprint density at radius 1 is 1.73 bits per heavy atom. The molecular weight excluding hydrogens is 158 g/mol. The first-order valence-corrected chi connectivity index (χ1v) is 6.87. The summed E-state index contributed by atoms with van der Waals surface area (Å²) >= 11 is 0. The van der Waals surface area contributed by atoms with Gasteiger partial charge in [0.1, 0.15) is 0 Å². The van der Waals surface area contributed by atoms with Gasteiger partial charge in [-0.25, -0.2) is 0 Å². The first-order valence-electron chi connectivity index (χ1n) is 4.09. The summed E-state index contributed by atoms with van der Waals surface area (Å²) in [6.45, 7) is 5.70. The van der Waals surface area contributed by atoms with Gasteiger partial charge in [-0.2, -0.15) is 0 Å². The molecule has 0 aromatic rings. The van der Waals surface area contributed by atoms with Gasteiger partial charge in [0.05, 0.1) is 5.92 Å². The fourth-order valence-corrected chi connectivity index (χ4v) is 1.73. The zero-order chi connectivity index (χ0) is 8.27. The van der Waals surface area contributed by atoms with Gasteiger partial charge < -0.3 is 9.74 Å². The van der Waals surface area contributed by atoms with Crippen molar-refractivity contribution in [2.75, 3.05) is 13.2 Å². The Balaban J connectivity index is 2.20. The van der Waals surface area contributed by atoms with E-state index >= 15 is 0 Å². The van der Waals surface area contributed by atoms with Crippen molar-refractivity contribution in [1.82, 2.24) is 5.32 Å². The van der Waals surface area contributed by atoms with Crippen LogP contribution in [0.3, 0.4) is 0 Å². The minimum Gasteiger partial charge on any atom is -0.420 e. The summed E-state index contributed by atoms with van der Waals surface area (Å²) < 4.78 is 5.47. The van der Waals surface area contributed by atoms with Gasteiger partial charge in [0, 0.05) is 13.2 Å². The standard InChI is InChI=1S/C7H15NO2Si/c1-11(2)10-5-6-3-4-8-7(6)9/h6,11H,3-5H2,1-2H3,(H,8,9). The first-order chi connectivity index (χ1) is 5.20. The molecule has 1 fully saturated rings. The minimum atomic E-state index is -0.934. The van der Waals surface area contributed by atoms with Crippen molar-refractivity contribution < 1.29 is 9.22 Å². The second kappa shape index (κ2) is 3.87. The molecule has 1 atom stereocenters. The summed E-state index contributed by atoms with van der Waals surface area (Å²) in [5.41, 5.74) is 0. The molecule has 4 heteroatoms. The zero-order valence-electron chi connectivity index (χ0n) is 7.09. The van der Waals surface area contributed by atoms with Crippen molar-refractivity contribution in [3.05, 3.63) is 0 Å². The van der Waals surface area contributed by atoms with Crippen molar-refractivity contribution in [3.63, 3.8) is 0 Å². The van der Waals surface area contributed by atoms with E-state index < -0.39 is 9.04 Å². The zero-order valence-corrected chi connectivity index (χ0v) is 8.25. The Morgan fingerprint density at radius 2 is 2.45 bits per heavy atom. The summed E-state index contributed by atoms with van der Waals surface area (Å²) in [5, 5.41) is 2.79. The van der Waals surface area contributed by atoms with Gasteiger partial charge in [-0.05, 0) is 19.5 Å². The van der Waals surface area contributed by atoms with Crippen molar-refractivity contribution in [3.8, 4) is 0 Å². The smallest absolute Gasteiger partial charge is 0.225 e. The van der Waals surface area contributed by atoms with Gasteiger partial charge in [-0.3, -0.25) is 4.79 Å². The number of nitrogens with one attached hydrogen (secondary N) is 1. The Labute approximate surface area is 68.8 Å². The molecule has 1 aliphatic rings. The van der Waals surface area contributed by atoms with E-state index in [0.717, 1.165) is 13.0 Å². The monoisotopic (exact) mass is 173 g/mol. The van der Waals surface area contributed by atoms with Crippen LogP contribution in [0.25, 0.3) is 0 Å². The number of hydrogen-bond acceptors (Lipinski definition) is 2. The molecule has 0 aromatic carbocycles. The van der Waals surface area contributed by atoms with Crippen LogP contribution in [-0.2, 0) is 9.22 Å². The Bertz CT molecular complexity index is 149. The second-order valence-corrected chi connectivity index (χ2v) is 5.59. The van der Waals surface area contributed by atoms with E-state index in [4.69, 9.17) is 4.43 Å². The number of carbonyl (C=O) groups excluding carboxylic acids is 1. The molecule has 3 nitrogen and oxygen atoms in total.